The van der Waals surface area contributed by atoms with Gasteiger partial charge in [-0.3, -0.25) is 29.0 Å². The Bertz CT molecular complexity index is 2810. The largest absolute Gasteiger partial charge is 0.396 e. The van der Waals surface area contributed by atoms with Gasteiger partial charge in [-0.15, -0.1) is 0 Å². The maximum absolute atomic E-state index is 13.9. The molecule has 6 aromatic rings. The van der Waals surface area contributed by atoms with Gasteiger partial charge >= 0.3 is 0 Å². The second kappa shape index (κ2) is 22.2. The van der Waals surface area contributed by atoms with Gasteiger partial charge in [0.15, 0.2) is 0 Å². The van der Waals surface area contributed by atoms with Crippen molar-refractivity contribution in [2.75, 3.05) is 13.2 Å². The number of pyridine rings is 2. The number of fused-ring (bicyclic) bond motifs is 8. The van der Waals surface area contributed by atoms with Gasteiger partial charge in [-0.25, -0.2) is 0 Å². The first-order valence-corrected chi connectivity index (χ1v) is 25.3. The number of nitrogens with one attached hydrogen (secondary N) is 2. The van der Waals surface area contributed by atoms with Crippen molar-refractivity contribution in [1.29, 1.82) is 0 Å². The quantitative estimate of drug-likeness (QED) is 0.0864. The highest BCUT2D eigenvalue weighted by atomic mass is 16.3. The van der Waals surface area contributed by atoms with E-state index in [2.05, 4.69) is 44.7 Å². The molecule has 2 aromatic heterocycles. The Kier molecular flexibility index (Phi) is 15.4. The van der Waals surface area contributed by atoms with Gasteiger partial charge in [-0.2, -0.15) is 0 Å². The fourth-order valence-electron chi connectivity index (χ4n) is 12.0. The van der Waals surface area contributed by atoms with Crippen LogP contribution in [0.5, 0.6) is 0 Å². The molecule has 2 amide bonds. The average Bonchev–Trinajstić information content (AvgIpc) is 3.74. The van der Waals surface area contributed by atoms with Crippen molar-refractivity contribution in [3.8, 4) is 0 Å². The maximum Gasteiger partial charge on any atom is 0.258 e. The van der Waals surface area contributed by atoms with E-state index in [1.165, 1.54) is 0 Å². The Balaban J connectivity index is 0.000000178. The van der Waals surface area contributed by atoms with Gasteiger partial charge in [0.05, 0.1) is 36.0 Å². The number of carbonyl (C=O) groups is 2. The molecule has 0 saturated carbocycles. The highest BCUT2D eigenvalue weighted by Crippen LogP contribution is 2.50. The molecule has 4 aromatic carbocycles. The topological polar surface area (TPSA) is 149 Å². The van der Waals surface area contributed by atoms with Gasteiger partial charge in [0.2, 0.25) is 11.8 Å². The van der Waals surface area contributed by atoms with Crippen molar-refractivity contribution in [2.24, 2.45) is 23.7 Å². The zero-order valence-corrected chi connectivity index (χ0v) is 41.5. The van der Waals surface area contributed by atoms with Gasteiger partial charge in [-0.1, -0.05) is 146 Å². The summed E-state index contributed by atoms with van der Waals surface area (Å²) in [6.07, 6.45) is 7.37. The van der Waals surface area contributed by atoms with Gasteiger partial charge in [0.25, 0.3) is 11.1 Å². The number of rotatable bonds is 14. The third-order valence-electron chi connectivity index (χ3n) is 15.4. The molecule has 6 heterocycles. The van der Waals surface area contributed by atoms with Crippen LogP contribution in [0.1, 0.15) is 96.6 Å². The van der Waals surface area contributed by atoms with E-state index in [-0.39, 0.29) is 84.2 Å². The molecule has 0 radical (unpaired) electrons. The normalized spacial score (nSPS) is 24.0. The number of benzene rings is 4. The summed E-state index contributed by atoms with van der Waals surface area (Å²) in [7, 11) is 0. The molecule has 12 heteroatoms. The molecular formula is C60H66N6O6. The van der Waals surface area contributed by atoms with Crippen molar-refractivity contribution in [2.45, 2.75) is 90.1 Å². The van der Waals surface area contributed by atoms with Gasteiger partial charge in [0.1, 0.15) is 0 Å². The average molecular weight is 967 g/mol. The van der Waals surface area contributed by atoms with Crippen molar-refractivity contribution in [1.82, 2.24) is 29.6 Å². The first-order valence-electron chi connectivity index (χ1n) is 25.3. The lowest BCUT2D eigenvalue weighted by Gasteiger charge is -2.38. The summed E-state index contributed by atoms with van der Waals surface area (Å²) in [6.45, 7) is 9.71. The standard InChI is InChI=1S/2C30H33N3O3/c2*1-3-10-23-15-16-25-28-27(29(35)31-20(2)22-13-8-5-9-14-22)24(19-34)26(18-33(25)30(23)36)32(28)17-21-11-6-4-7-12-21/h2*3-16,20,24,26-28,34H,17-19H2,1-2H3,(H,31,35)/b10-3+;10-3-/t2*20-,24-,26-,27+,28+/m00/s1. The highest BCUT2D eigenvalue weighted by molar-refractivity contribution is 5.82. The molecule has 2 saturated heterocycles. The Hall–Kier alpha value is -6.96. The summed E-state index contributed by atoms with van der Waals surface area (Å²) in [5, 5.41) is 27.5. The van der Waals surface area contributed by atoms with Crippen LogP contribution in [-0.4, -0.2) is 66.3 Å². The number of hydrogen-bond acceptors (Lipinski definition) is 8. The summed E-state index contributed by atoms with van der Waals surface area (Å²) in [4.78, 5) is 59.0. The summed E-state index contributed by atoms with van der Waals surface area (Å²) in [5.41, 5.74) is 7.20. The molecule has 0 spiro atoms. The van der Waals surface area contributed by atoms with Crippen molar-refractivity contribution >= 4 is 24.0 Å². The molecule has 4 N–H and O–H groups in total. The van der Waals surface area contributed by atoms with Crippen LogP contribution in [0.15, 0.2) is 167 Å². The number of nitrogens with zero attached hydrogens (tertiary/aromatic N) is 4. The number of aliphatic hydroxyl groups is 2. The number of aliphatic hydroxyl groups excluding tert-OH is 2. The lowest BCUT2D eigenvalue weighted by Crippen LogP contribution is -2.46. The monoisotopic (exact) mass is 967 g/mol. The number of aromatic nitrogens is 2. The lowest BCUT2D eigenvalue weighted by molar-refractivity contribution is -0.129. The molecule has 72 heavy (non-hydrogen) atoms. The summed E-state index contributed by atoms with van der Waals surface area (Å²) < 4.78 is 3.64. The molecular weight excluding hydrogens is 901 g/mol. The van der Waals surface area contributed by atoms with Crippen LogP contribution in [0, 0.1) is 23.7 Å². The number of allylic oxidation sites excluding steroid dienone is 2. The van der Waals surface area contributed by atoms with Crippen LogP contribution in [0.4, 0.5) is 0 Å². The molecule has 4 bridgehead atoms. The predicted octanol–water partition coefficient (Wildman–Crippen LogP) is 7.85. The van der Waals surface area contributed by atoms with E-state index in [0.717, 1.165) is 33.6 Å². The van der Waals surface area contributed by atoms with Crippen LogP contribution in [-0.2, 0) is 35.8 Å². The molecule has 2 fully saturated rings. The third kappa shape index (κ3) is 9.84. The summed E-state index contributed by atoms with van der Waals surface area (Å²) in [5.74, 6) is -1.70. The fraction of sp³-hybridized carbons (Fsp3) is 0.333. The first kappa shape index (κ1) is 50.0. The van der Waals surface area contributed by atoms with Crippen LogP contribution >= 0.6 is 0 Å². The Morgan fingerprint density at radius 3 is 1.22 bits per heavy atom. The molecule has 4 aliphatic heterocycles. The Labute approximate surface area is 422 Å². The Morgan fingerprint density at radius 2 is 0.889 bits per heavy atom. The Morgan fingerprint density at radius 1 is 0.542 bits per heavy atom. The molecule has 12 nitrogen and oxygen atoms in total. The number of hydrogen-bond donors (Lipinski definition) is 4. The van der Waals surface area contributed by atoms with E-state index in [9.17, 15) is 29.4 Å². The second-order valence-corrected chi connectivity index (χ2v) is 19.6. The van der Waals surface area contributed by atoms with Crippen molar-refractivity contribution in [3.63, 3.8) is 0 Å². The van der Waals surface area contributed by atoms with Crippen LogP contribution in [0.2, 0.25) is 0 Å². The van der Waals surface area contributed by atoms with Crippen molar-refractivity contribution in [3.05, 3.63) is 223 Å². The minimum absolute atomic E-state index is 0.0460. The van der Waals surface area contributed by atoms with E-state index in [0.29, 0.717) is 37.3 Å². The van der Waals surface area contributed by atoms with E-state index < -0.39 is 11.8 Å². The first-order chi connectivity index (χ1) is 35.1. The molecule has 10 rings (SSSR count). The minimum atomic E-state index is -0.476. The van der Waals surface area contributed by atoms with Crippen LogP contribution in [0.25, 0.3) is 12.2 Å². The second-order valence-electron chi connectivity index (χ2n) is 19.6. The smallest absolute Gasteiger partial charge is 0.258 e. The number of amides is 2. The maximum atomic E-state index is 13.9. The number of carbonyl (C=O) groups excluding carboxylic acids is 2. The van der Waals surface area contributed by atoms with E-state index in [4.69, 9.17) is 0 Å². The van der Waals surface area contributed by atoms with Crippen molar-refractivity contribution < 1.29 is 19.8 Å². The highest BCUT2D eigenvalue weighted by Gasteiger charge is 2.57. The van der Waals surface area contributed by atoms with E-state index in [1.807, 2.05) is 182 Å². The molecule has 10 atom stereocenters. The lowest BCUT2D eigenvalue weighted by atomic mass is 9.86. The molecule has 372 valence electrons. The third-order valence-corrected chi connectivity index (χ3v) is 15.4. The van der Waals surface area contributed by atoms with Gasteiger partial charge < -0.3 is 30.0 Å². The molecule has 0 aliphatic carbocycles. The summed E-state index contributed by atoms with van der Waals surface area (Å²) in [6, 6.07) is 46.6. The van der Waals surface area contributed by atoms with Gasteiger partial charge in [0, 0.05) is 85.8 Å². The summed E-state index contributed by atoms with van der Waals surface area (Å²) >= 11 is 0. The van der Waals surface area contributed by atoms with Crippen LogP contribution < -0.4 is 21.8 Å². The van der Waals surface area contributed by atoms with E-state index in [1.54, 1.807) is 0 Å². The fourth-order valence-corrected chi connectivity index (χ4v) is 12.0. The van der Waals surface area contributed by atoms with E-state index >= 15 is 0 Å². The van der Waals surface area contributed by atoms with Crippen LogP contribution in [0.3, 0.4) is 0 Å². The predicted molar refractivity (Wildman–Crippen MR) is 282 cm³/mol. The minimum Gasteiger partial charge on any atom is -0.396 e. The zero-order valence-electron chi connectivity index (χ0n) is 41.5. The molecule has 4 aliphatic rings. The van der Waals surface area contributed by atoms with Gasteiger partial charge in [-0.05, 0) is 74.2 Å². The SMILES string of the molecule is C/C=C/c1ccc2n(c1=O)C[C@H]1[C@H](CO)[C@@H](C(=O)N[C@@H](C)c3ccccc3)[C@@H]2N1Cc1ccccc1.C/C=C\c1ccc2n(c1=O)C[C@H]1[C@H](CO)[C@@H](C(=O)N[C@@H](C)c3ccccc3)[C@@H]2N1Cc1ccccc1. The molecule has 0 unspecified atom stereocenters. The zero-order chi connectivity index (χ0) is 50.5.